The zero-order chi connectivity index (χ0) is 15.4. The van der Waals surface area contributed by atoms with E-state index in [4.69, 9.17) is 0 Å². The summed E-state index contributed by atoms with van der Waals surface area (Å²) < 4.78 is 41.1. The first-order valence-electron chi connectivity index (χ1n) is 7.58. The molecule has 1 aliphatic heterocycles. The molecule has 21 heavy (non-hydrogen) atoms. The molecule has 1 saturated heterocycles. The number of nitrogens with one attached hydrogen (secondary N) is 1. The van der Waals surface area contributed by atoms with Crippen molar-refractivity contribution in [3.05, 3.63) is 35.1 Å². The number of rotatable bonds is 5. The summed E-state index contributed by atoms with van der Waals surface area (Å²) in [6, 6.07) is 1.49. The smallest absolute Gasteiger partial charge is 0.163 e. The van der Waals surface area contributed by atoms with E-state index in [9.17, 15) is 13.2 Å². The molecule has 1 aromatic carbocycles. The summed E-state index contributed by atoms with van der Waals surface area (Å²) >= 11 is 0. The first-order valence-corrected chi connectivity index (χ1v) is 7.58. The Labute approximate surface area is 124 Å². The van der Waals surface area contributed by atoms with Crippen LogP contribution in [0, 0.1) is 23.4 Å². The maximum atomic E-state index is 14.1. The van der Waals surface area contributed by atoms with E-state index in [2.05, 4.69) is 24.1 Å². The van der Waals surface area contributed by atoms with Gasteiger partial charge in [0.05, 0.1) is 0 Å². The van der Waals surface area contributed by atoms with Crippen LogP contribution in [-0.4, -0.2) is 31.1 Å². The quantitative estimate of drug-likeness (QED) is 0.838. The van der Waals surface area contributed by atoms with Crippen molar-refractivity contribution < 1.29 is 13.2 Å². The van der Waals surface area contributed by atoms with Crippen molar-refractivity contribution in [1.82, 2.24) is 10.2 Å². The van der Waals surface area contributed by atoms with E-state index in [-0.39, 0.29) is 11.6 Å². The van der Waals surface area contributed by atoms with Crippen LogP contribution in [0.1, 0.15) is 38.3 Å². The van der Waals surface area contributed by atoms with Crippen LogP contribution in [0.3, 0.4) is 0 Å². The molecule has 0 aliphatic carbocycles. The fourth-order valence-electron chi connectivity index (χ4n) is 2.84. The fourth-order valence-corrected chi connectivity index (χ4v) is 2.84. The molecule has 0 unspecified atom stereocenters. The average Bonchev–Trinajstić information content (AvgIpc) is 2.45. The summed E-state index contributed by atoms with van der Waals surface area (Å²) in [7, 11) is 0. The Hall–Kier alpha value is -1.07. The average molecular weight is 300 g/mol. The summed E-state index contributed by atoms with van der Waals surface area (Å²) in [6.45, 7) is 7.35. The molecule has 0 saturated carbocycles. The highest BCUT2D eigenvalue weighted by atomic mass is 19.2. The molecule has 0 radical (unpaired) electrons. The molecule has 1 N–H and O–H groups in total. The van der Waals surface area contributed by atoms with Gasteiger partial charge in [0, 0.05) is 43.9 Å². The van der Waals surface area contributed by atoms with Crippen LogP contribution >= 0.6 is 0 Å². The molecule has 0 bridgehead atoms. The normalized spacial score (nSPS) is 18.2. The van der Waals surface area contributed by atoms with Crippen molar-refractivity contribution in [2.75, 3.05) is 26.2 Å². The van der Waals surface area contributed by atoms with Crippen LogP contribution in [0.2, 0.25) is 0 Å². The van der Waals surface area contributed by atoms with Gasteiger partial charge >= 0.3 is 0 Å². The van der Waals surface area contributed by atoms with Crippen LogP contribution in [0.5, 0.6) is 0 Å². The van der Waals surface area contributed by atoms with E-state index in [0.717, 1.165) is 38.7 Å². The van der Waals surface area contributed by atoms with E-state index in [0.29, 0.717) is 18.4 Å². The van der Waals surface area contributed by atoms with Gasteiger partial charge in [-0.2, -0.15) is 0 Å². The van der Waals surface area contributed by atoms with Crippen LogP contribution in [0.15, 0.2) is 12.1 Å². The number of hydrogen-bond acceptors (Lipinski definition) is 2. The lowest BCUT2D eigenvalue weighted by molar-refractivity contribution is 0.155. The van der Waals surface area contributed by atoms with Crippen LogP contribution in [0.4, 0.5) is 13.2 Å². The second-order valence-electron chi connectivity index (χ2n) is 6.06. The van der Waals surface area contributed by atoms with E-state index in [1.165, 1.54) is 0 Å². The molecule has 0 spiro atoms. The Morgan fingerprint density at radius 2 is 1.76 bits per heavy atom. The lowest BCUT2D eigenvalue weighted by atomic mass is 9.95. The lowest BCUT2D eigenvalue weighted by Crippen LogP contribution is -2.45. The Balaban J connectivity index is 2.29. The van der Waals surface area contributed by atoms with Gasteiger partial charge in [0.2, 0.25) is 0 Å². The first kappa shape index (κ1) is 16.3. The predicted molar refractivity (Wildman–Crippen MR) is 77.6 cm³/mol. The van der Waals surface area contributed by atoms with Crippen molar-refractivity contribution in [1.29, 1.82) is 0 Å². The molecule has 1 atom stereocenters. The van der Waals surface area contributed by atoms with Gasteiger partial charge in [0.25, 0.3) is 0 Å². The lowest BCUT2D eigenvalue weighted by Gasteiger charge is -2.35. The molecule has 118 valence electrons. The van der Waals surface area contributed by atoms with E-state index < -0.39 is 17.5 Å². The SMILES string of the molecule is CC(C)CC[C@@H](c1cc(F)cc(F)c1F)N1CCNCC1. The first-order chi connectivity index (χ1) is 9.99. The van der Waals surface area contributed by atoms with Crippen LogP contribution in [-0.2, 0) is 0 Å². The second-order valence-corrected chi connectivity index (χ2v) is 6.06. The minimum Gasteiger partial charge on any atom is -0.314 e. The maximum absolute atomic E-state index is 14.1. The van der Waals surface area contributed by atoms with Crippen molar-refractivity contribution >= 4 is 0 Å². The van der Waals surface area contributed by atoms with E-state index >= 15 is 0 Å². The molecule has 1 fully saturated rings. The highest BCUT2D eigenvalue weighted by molar-refractivity contribution is 5.24. The van der Waals surface area contributed by atoms with E-state index in [1.807, 2.05) is 0 Å². The number of piperazine rings is 1. The third kappa shape index (κ3) is 4.20. The van der Waals surface area contributed by atoms with Gasteiger partial charge in [-0.1, -0.05) is 13.8 Å². The van der Waals surface area contributed by atoms with Crippen LogP contribution in [0.25, 0.3) is 0 Å². The Kier molecular flexibility index (Phi) is 5.65. The van der Waals surface area contributed by atoms with Gasteiger partial charge in [-0.05, 0) is 24.8 Å². The Morgan fingerprint density at radius 1 is 1.10 bits per heavy atom. The van der Waals surface area contributed by atoms with Crippen molar-refractivity contribution in [3.63, 3.8) is 0 Å². The molecule has 1 aliphatic rings. The van der Waals surface area contributed by atoms with Gasteiger partial charge in [-0.25, -0.2) is 13.2 Å². The monoisotopic (exact) mass is 300 g/mol. The number of hydrogen-bond donors (Lipinski definition) is 1. The molecule has 0 amide bonds. The van der Waals surface area contributed by atoms with Gasteiger partial charge < -0.3 is 5.32 Å². The zero-order valence-electron chi connectivity index (χ0n) is 12.6. The predicted octanol–water partition coefficient (Wildman–Crippen LogP) is 3.49. The van der Waals surface area contributed by atoms with Gasteiger partial charge in [-0.15, -0.1) is 0 Å². The summed E-state index contributed by atoms with van der Waals surface area (Å²) in [4.78, 5) is 2.12. The van der Waals surface area contributed by atoms with E-state index in [1.54, 1.807) is 0 Å². The molecular weight excluding hydrogens is 277 g/mol. The topological polar surface area (TPSA) is 15.3 Å². The Bertz CT molecular complexity index is 471. The largest absolute Gasteiger partial charge is 0.314 e. The number of nitrogens with zero attached hydrogens (tertiary/aromatic N) is 1. The molecule has 5 heteroatoms. The third-order valence-corrected chi connectivity index (χ3v) is 3.99. The molecule has 1 aromatic rings. The second kappa shape index (κ2) is 7.27. The minimum absolute atomic E-state index is 0.148. The molecule has 0 aromatic heterocycles. The van der Waals surface area contributed by atoms with Gasteiger partial charge in [0.1, 0.15) is 5.82 Å². The zero-order valence-corrected chi connectivity index (χ0v) is 12.6. The summed E-state index contributed by atoms with van der Waals surface area (Å²) in [5, 5.41) is 3.24. The highest BCUT2D eigenvalue weighted by Gasteiger charge is 2.26. The maximum Gasteiger partial charge on any atom is 0.163 e. The summed E-state index contributed by atoms with van der Waals surface area (Å²) in [5.41, 5.74) is 0.148. The fraction of sp³-hybridized carbons (Fsp3) is 0.625. The van der Waals surface area contributed by atoms with Gasteiger partial charge in [0.15, 0.2) is 11.6 Å². The summed E-state index contributed by atoms with van der Waals surface area (Å²) in [5.74, 6) is -2.26. The van der Waals surface area contributed by atoms with Crippen LogP contribution < -0.4 is 5.32 Å². The highest BCUT2D eigenvalue weighted by Crippen LogP contribution is 2.31. The van der Waals surface area contributed by atoms with Gasteiger partial charge in [-0.3, -0.25) is 4.90 Å². The molecule has 1 heterocycles. The number of halogens is 3. The van der Waals surface area contributed by atoms with Crippen molar-refractivity contribution in [2.24, 2.45) is 5.92 Å². The Morgan fingerprint density at radius 3 is 2.38 bits per heavy atom. The van der Waals surface area contributed by atoms with Crippen molar-refractivity contribution in [2.45, 2.75) is 32.7 Å². The molecule has 2 nitrogen and oxygen atoms in total. The number of benzene rings is 1. The molecular formula is C16H23F3N2. The standard InChI is InChI=1S/C16H23F3N2/c1-11(2)3-4-15(21-7-5-20-6-8-21)13-9-12(17)10-14(18)16(13)19/h9-11,15,20H,3-8H2,1-2H3/t15-/m0/s1. The van der Waals surface area contributed by atoms with Crippen molar-refractivity contribution in [3.8, 4) is 0 Å². The summed E-state index contributed by atoms with van der Waals surface area (Å²) in [6.07, 6.45) is 1.60. The third-order valence-electron chi connectivity index (χ3n) is 3.99. The minimum atomic E-state index is -1.10. The molecule has 2 rings (SSSR count).